The van der Waals surface area contributed by atoms with Gasteiger partial charge in [0, 0.05) is 19.7 Å². The van der Waals surface area contributed by atoms with Gasteiger partial charge in [-0.3, -0.25) is 4.79 Å². The molecule has 1 aliphatic rings. The number of carbonyl (C=O) groups is 1. The van der Waals surface area contributed by atoms with E-state index in [1.165, 1.54) is 12.1 Å². The minimum Gasteiger partial charge on any atom is -0.339 e. The Morgan fingerprint density at radius 2 is 2.30 bits per heavy atom. The van der Waals surface area contributed by atoms with Gasteiger partial charge in [-0.1, -0.05) is 6.58 Å². The number of nitrogens with one attached hydrogen (secondary N) is 1. The van der Waals surface area contributed by atoms with Crippen LogP contribution in [0.1, 0.15) is 12.8 Å². The monoisotopic (exact) mass is 320 g/mol. The summed E-state index contributed by atoms with van der Waals surface area (Å²) in [6.07, 6.45) is 1.53. The summed E-state index contributed by atoms with van der Waals surface area (Å²) < 4.78 is 29.5. The summed E-state index contributed by atoms with van der Waals surface area (Å²) in [5.41, 5.74) is 1.19. The van der Waals surface area contributed by atoms with Crippen LogP contribution in [0.3, 0.4) is 0 Å². The van der Waals surface area contributed by atoms with E-state index in [0.29, 0.717) is 29.9 Å². The number of fused-ring (bicyclic) bond motifs is 1. The highest BCUT2D eigenvalue weighted by molar-refractivity contribution is 6.00. The van der Waals surface area contributed by atoms with Crippen LogP contribution in [-0.4, -0.2) is 34.7 Å². The zero-order valence-corrected chi connectivity index (χ0v) is 12.9. The van der Waals surface area contributed by atoms with Gasteiger partial charge < -0.3 is 14.8 Å². The fourth-order valence-corrected chi connectivity index (χ4v) is 2.87. The molecule has 2 heterocycles. The SMILES string of the molecule is C=CC(=O)Nc1cc2nc(N3CCCC(F)C3)n(C)c2cc1F. The Labute approximate surface area is 132 Å². The summed E-state index contributed by atoms with van der Waals surface area (Å²) in [6.45, 7) is 4.35. The molecule has 122 valence electrons. The van der Waals surface area contributed by atoms with E-state index in [0.717, 1.165) is 19.0 Å². The second-order valence-electron chi connectivity index (χ2n) is 5.67. The number of hydrogen-bond acceptors (Lipinski definition) is 3. The molecule has 0 radical (unpaired) electrons. The maximum absolute atomic E-state index is 14.1. The van der Waals surface area contributed by atoms with Crippen molar-refractivity contribution in [1.82, 2.24) is 9.55 Å². The van der Waals surface area contributed by atoms with Crippen molar-refractivity contribution in [3.63, 3.8) is 0 Å². The predicted molar refractivity (Wildman–Crippen MR) is 85.8 cm³/mol. The Hall–Kier alpha value is -2.44. The summed E-state index contributed by atoms with van der Waals surface area (Å²) >= 11 is 0. The van der Waals surface area contributed by atoms with Gasteiger partial charge in [-0.05, 0) is 25.0 Å². The molecule has 1 atom stereocenters. The number of hydrogen-bond donors (Lipinski definition) is 1. The predicted octanol–water partition coefficient (Wildman–Crippen LogP) is 2.78. The number of alkyl halides is 1. The summed E-state index contributed by atoms with van der Waals surface area (Å²) in [5, 5.41) is 2.41. The fraction of sp³-hybridized carbons (Fsp3) is 0.375. The third kappa shape index (κ3) is 2.91. The third-order valence-electron chi connectivity index (χ3n) is 4.04. The van der Waals surface area contributed by atoms with Crippen LogP contribution >= 0.6 is 0 Å². The number of aryl methyl sites for hydroxylation is 1. The molecular weight excluding hydrogens is 302 g/mol. The van der Waals surface area contributed by atoms with E-state index in [4.69, 9.17) is 0 Å². The molecule has 2 aromatic rings. The number of benzene rings is 1. The van der Waals surface area contributed by atoms with Gasteiger partial charge in [-0.2, -0.15) is 0 Å². The quantitative estimate of drug-likeness (QED) is 0.885. The molecule has 1 aliphatic heterocycles. The molecule has 3 rings (SSSR count). The molecular formula is C16H18F2N4O. The normalized spacial score (nSPS) is 18.2. The Morgan fingerprint density at radius 3 is 3.00 bits per heavy atom. The Bertz CT molecular complexity index is 771. The maximum atomic E-state index is 14.1. The fourth-order valence-electron chi connectivity index (χ4n) is 2.87. The molecule has 1 unspecified atom stereocenters. The van der Waals surface area contributed by atoms with E-state index < -0.39 is 17.9 Å². The summed E-state index contributed by atoms with van der Waals surface area (Å²) in [4.78, 5) is 17.7. The van der Waals surface area contributed by atoms with Crippen molar-refractivity contribution in [2.45, 2.75) is 19.0 Å². The van der Waals surface area contributed by atoms with Crippen molar-refractivity contribution < 1.29 is 13.6 Å². The second kappa shape index (κ2) is 5.98. The van der Waals surface area contributed by atoms with Gasteiger partial charge >= 0.3 is 0 Å². The van der Waals surface area contributed by atoms with Crippen LogP contribution in [0.25, 0.3) is 11.0 Å². The average molecular weight is 320 g/mol. The molecule has 0 spiro atoms. The van der Waals surface area contributed by atoms with Crippen molar-refractivity contribution >= 4 is 28.6 Å². The molecule has 1 aromatic carbocycles. The van der Waals surface area contributed by atoms with Crippen molar-refractivity contribution in [1.29, 1.82) is 0 Å². The molecule has 0 bridgehead atoms. The number of amides is 1. The number of nitrogens with zero attached hydrogens (tertiary/aromatic N) is 3. The lowest BCUT2D eigenvalue weighted by Gasteiger charge is -2.29. The third-order valence-corrected chi connectivity index (χ3v) is 4.04. The van der Waals surface area contributed by atoms with Crippen LogP contribution in [0, 0.1) is 5.82 Å². The summed E-state index contributed by atoms with van der Waals surface area (Å²) in [5.74, 6) is -0.436. The van der Waals surface area contributed by atoms with Crippen LogP contribution in [0.15, 0.2) is 24.8 Å². The molecule has 23 heavy (non-hydrogen) atoms. The largest absolute Gasteiger partial charge is 0.339 e. The van der Waals surface area contributed by atoms with E-state index in [1.54, 1.807) is 11.6 Å². The highest BCUT2D eigenvalue weighted by Crippen LogP contribution is 2.28. The van der Waals surface area contributed by atoms with Crippen LogP contribution in [0.4, 0.5) is 20.4 Å². The second-order valence-corrected chi connectivity index (χ2v) is 5.67. The average Bonchev–Trinajstić information content (AvgIpc) is 2.84. The minimum absolute atomic E-state index is 0.0501. The van der Waals surface area contributed by atoms with Crippen molar-refractivity contribution in [3.8, 4) is 0 Å². The van der Waals surface area contributed by atoms with Crippen LogP contribution in [0.5, 0.6) is 0 Å². The van der Waals surface area contributed by atoms with Crippen molar-refractivity contribution in [2.24, 2.45) is 7.05 Å². The zero-order chi connectivity index (χ0) is 16.6. The topological polar surface area (TPSA) is 50.2 Å². The first-order chi connectivity index (χ1) is 11.0. The summed E-state index contributed by atoms with van der Waals surface area (Å²) in [7, 11) is 1.77. The standard InChI is InChI=1S/C16H18F2N4O/c1-3-15(23)19-12-8-13-14(7-11(12)18)21(2)16(20-13)22-6-4-5-10(17)9-22/h3,7-8,10H,1,4-6,9H2,2H3,(H,19,23). The highest BCUT2D eigenvalue weighted by atomic mass is 19.1. The Balaban J connectivity index is 2.00. The number of rotatable bonds is 3. The summed E-state index contributed by atoms with van der Waals surface area (Å²) in [6, 6.07) is 2.80. The molecule has 5 nitrogen and oxygen atoms in total. The van der Waals surface area contributed by atoms with E-state index in [2.05, 4.69) is 16.9 Å². The molecule has 0 saturated carbocycles. The maximum Gasteiger partial charge on any atom is 0.247 e. The number of carbonyl (C=O) groups excluding carboxylic acids is 1. The smallest absolute Gasteiger partial charge is 0.247 e. The van der Waals surface area contributed by atoms with Gasteiger partial charge in [0.2, 0.25) is 11.9 Å². The first kappa shape index (κ1) is 15.5. The van der Waals surface area contributed by atoms with Gasteiger partial charge in [0.1, 0.15) is 12.0 Å². The van der Waals surface area contributed by atoms with E-state index in [9.17, 15) is 13.6 Å². The number of anilines is 2. The lowest BCUT2D eigenvalue weighted by molar-refractivity contribution is -0.111. The number of halogens is 2. The first-order valence-electron chi connectivity index (χ1n) is 7.48. The molecule has 1 N–H and O–H groups in total. The highest BCUT2D eigenvalue weighted by Gasteiger charge is 2.23. The molecule has 1 fully saturated rings. The Kier molecular flexibility index (Phi) is 4.02. The number of aromatic nitrogens is 2. The first-order valence-corrected chi connectivity index (χ1v) is 7.48. The Morgan fingerprint density at radius 1 is 1.52 bits per heavy atom. The lowest BCUT2D eigenvalue weighted by atomic mass is 10.1. The van der Waals surface area contributed by atoms with Gasteiger partial charge in [-0.25, -0.2) is 13.8 Å². The molecule has 0 aliphatic carbocycles. The van der Waals surface area contributed by atoms with Gasteiger partial charge in [0.25, 0.3) is 0 Å². The number of imidazole rings is 1. The van der Waals surface area contributed by atoms with E-state index in [1.807, 2.05) is 4.90 Å². The lowest BCUT2D eigenvalue weighted by Crippen LogP contribution is -2.37. The van der Waals surface area contributed by atoms with Gasteiger partial charge in [0.15, 0.2) is 0 Å². The minimum atomic E-state index is -0.872. The van der Waals surface area contributed by atoms with Crippen LogP contribution in [-0.2, 0) is 11.8 Å². The van der Waals surface area contributed by atoms with Crippen molar-refractivity contribution in [2.75, 3.05) is 23.3 Å². The van der Waals surface area contributed by atoms with E-state index >= 15 is 0 Å². The van der Waals surface area contributed by atoms with Crippen molar-refractivity contribution in [3.05, 3.63) is 30.6 Å². The van der Waals surface area contributed by atoms with Gasteiger partial charge in [-0.15, -0.1) is 0 Å². The molecule has 1 amide bonds. The van der Waals surface area contributed by atoms with Crippen LogP contribution in [0.2, 0.25) is 0 Å². The van der Waals surface area contributed by atoms with Gasteiger partial charge in [0.05, 0.1) is 23.3 Å². The van der Waals surface area contributed by atoms with E-state index in [-0.39, 0.29) is 5.69 Å². The number of piperidine rings is 1. The molecule has 1 aromatic heterocycles. The van der Waals surface area contributed by atoms with Crippen LogP contribution < -0.4 is 10.2 Å². The zero-order valence-electron chi connectivity index (χ0n) is 12.9. The molecule has 1 saturated heterocycles. The molecule has 7 heteroatoms.